The lowest BCUT2D eigenvalue weighted by molar-refractivity contribution is 0.0691. The highest BCUT2D eigenvalue weighted by Gasteiger charge is 2.12. The number of carbonyl (C=O) groups is 1. The number of halogens is 1. The first kappa shape index (κ1) is 13.0. The van der Waals surface area contributed by atoms with Gasteiger partial charge < -0.3 is 5.11 Å². The van der Waals surface area contributed by atoms with Gasteiger partial charge in [0.25, 0.3) is 0 Å². The van der Waals surface area contributed by atoms with Crippen molar-refractivity contribution in [2.45, 2.75) is 13.8 Å². The summed E-state index contributed by atoms with van der Waals surface area (Å²) in [6, 6.07) is 5.86. The monoisotopic (exact) mass is 326 g/mol. The number of benzene rings is 1. The third-order valence-corrected chi connectivity index (χ3v) is 3.79. The van der Waals surface area contributed by atoms with E-state index >= 15 is 0 Å². The Morgan fingerprint density at radius 3 is 2.83 bits per heavy atom. The van der Waals surface area contributed by atoms with Crippen LogP contribution in [0.2, 0.25) is 0 Å². The van der Waals surface area contributed by atoms with Gasteiger partial charge in [0.15, 0.2) is 10.7 Å². The predicted molar refractivity (Wildman–Crippen MR) is 76.6 cm³/mol. The minimum absolute atomic E-state index is 0.0797. The van der Waals surface area contributed by atoms with E-state index in [1.807, 2.05) is 32.0 Å². The number of carboxylic acid groups (broad SMARTS) is 1. The lowest BCUT2D eigenvalue weighted by Gasteiger charge is -1.91. The Bertz CT molecular complexity index is 717. The maximum atomic E-state index is 10.8. The minimum Gasteiger partial charge on any atom is -0.476 e. The molecule has 6 heteroatoms. The fourth-order valence-electron chi connectivity index (χ4n) is 1.58. The van der Waals surface area contributed by atoms with E-state index in [0.29, 0.717) is 4.96 Å². The van der Waals surface area contributed by atoms with Crippen molar-refractivity contribution in [3.05, 3.63) is 34.6 Å². The number of aromatic nitrogens is 2. The van der Waals surface area contributed by atoms with E-state index in [9.17, 15) is 4.79 Å². The molecule has 0 radical (unpaired) electrons. The first-order chi connectivity index (χ1) is 8.65. The van der Waals surface area contributed by atoms with Crippen LogP contribution in [-0.2, 0) is 0 Å². The molecule has 0 saturated carbocycles. The number of thiazole rings is 1. The Kier molecular flexibility index (Phi) is 3.68. The van der Waals surface area contributed by atoms with E-state index in [-0.39, 0.29) is 5.69 Å². The molecule has 0 aliphatic carbocycles. The van der Waals surface area contributed by atoms with Gasteiger partial charge in [-0.2, -0.15) is 0 Å². The van der Waals surface area contributed by atoms with Crippen molar-refractivity contribution in [2.75, 3.05) is 0 Å². The average molecular weight is 327 g/mol. The summed E-state index contributed by atoms with van der Waals surface area (Å²) in [6.07, 6.45) is 1.55. The van der Waals surface area contributed by atoms with E-state index in [4.69, 9.17) is 5.11 Å². The van der Waals surface area contributed by atoms with E-state index in [1.165, 1.54) is 11.3 Å². The van der Waals surface area contributed by atoms with E-state index in [0.717, 1.165) is 14.7 Å². The summed E-state index contributed by atoms with van der Waals surface area (Å²) in [6.45, 7) is 4.00. The summed E-state index contributed by atoms with van der Waals surface area (Å²) in [7, 11) is 0. The lowest BCUT2D eigenvalue weighted by Crippen LogP contribution is -1.95. The second kappa shape index (κ2) is 5.07. The molecule has 1 aromatic carbocycles. The number of rotatable bonds is 1. The van der Waals surface area contributed by atoms with Crippen LogP contribution in [0.15, 0.2) is 28.9 Å². The Morgan fingerprint density at radius 1 is 1.44 bits per heavy atom. The standard InChI is InChI=1S/C10H5BrN2O2S.C2H6/c11-5-1-2-7-8(3-5)16-10-12-6(9(14)15)4-13(7)10;1-2/h1-4H,(H,14,15);1-2H3. The van der Waals surface area contributed by atoms with Gasteiger partial charge in [0.05, 0.1) is 10.2 Å². The molecule has 0 amide bonds. The zero-order valence-electron chi connectivity index (χ0n) is 9.85. The van der Waals surface area contributed by atoms with Crippen molar-refractivity contribution in [1.29, 1.82) is 0 Å². The second-order valence-corrected chi connectivity index (χ2v) is 5.22. The molecule has 0 fully saturated rings. The van der Waals surface area contributed by atoms with E-state index in [2.05, 4.69) is 20.9 Å². The van der Waals surface area contributed by atoms with Crippen LogP contribution in [0.4, 0.5) is 0 Å². The summed E-state index contributed by atoms with van der Waals surface area (Å²) in [5.74, 6) is -0.999. The molecule has 2 heterocycles. The van der Waals surface area contributed by atoms with Crippen LogP contribution in [0, 0.1) is 0 Å². The fraction of sp³-hybridized carbons (Fsp3) is 0.167. The number of carboxylic acids is 1. The normalized spacial score (nSPS) is 10.4. The molecule has 2 aromatic heterocycles. The van der Waals surface area contributed by atoms with Crippen LogP contribution >= 0.6 is 27.3 Å². The van der Waals surface area contributed by atoms with Crippen LogP contribution < -0.4 is 0 Å². The third-order valence-electron chi connectivity index (χ3n) is 2.28. The van der Waals surface area contributed by atoms with E-state index < -0.39 is 5.97 Å². The van der Waals surface area contributed by atoms with Gasteiger partial charge in [-0.05, 0) is 18.2 Å². The van der Waals surface area contributed by atoms with Crippen LogP contribution in [0.5, 0.6) is 0 Å². The molecule has 0 unspecified atom stereocenters. The molecular formula is C12H11BrN2O2S. The highest BCUT2D eigenvalue weighted by Crippen LogP contribution is 2.28. The minimum atomic E-state index is -0.999. The molecule has 3 rings (SSSR count). The highest BCUT2D eigenvalue weighted by atomic mass is 79.9. The van der Waals surface area contributed by atoms with Gasteiger partial charge in [0, 0.05) is 10.7 Å². The second-order valence-electron chi connectivity index (χ2n) is 3.30. The van der Waals surface area contributed by atoms with Crippen molar-refractivity contribution < 1.29 is 9.90 Å². The predicted octanol–water partition coefficient (Wildman–Crippen LogP) is 4.04. The summed E-state index contributed by atoms with van der Waals surface area (Å²) in [5, 5.41) is 8.84. The number of fused-ring (bicyclic) bond motifs is 3. The molecule has 0 spiro atoms. The van der Waals surface area contributed by atoms with Gasteiger partial charge >= 0.3 is 5.97 Å². The molecule has 18 heavy (non-hydrogen) atoms. The van der Waals surface area contributed by atoms with Crippen molar-refractivity contribution in [3.63, 3.8) is 0 Å². The maximum Gasteiger partial charge on any atom is 0.356 e. The third kappa shape index (κ3) is 2.13. The smallest absolute Gasteiger partial charge is 0.356 e. The van der Waals surface area contributed by atoms with Gasteiger partial charge in [-0.3, -0.25) is 4.40 Å². The molecule has 4 nitrogen and oxygen atoms in total. The van der Waals surface area contributed by atoms with Crippen molar-refractivity contribution in [2.24, 2.45) is 0 Å². The molecule has 0 aliphatic heterocycles. The van der Waals surface area contributed by atoms with Crippen LogP contribution in [0.1, 0.15) is 24.3 Å². The Labute approximate surface area is 116 Å². The molecule has 0 aliphatic rings. The molecule has 0 saturated heterocycles. The maximum absolute atomic E-state index is 10.8. The largest absolute Gasteiger partial charge is 0.476 e. The topological polar surface area (TPSA) is 54.6 Å². The number of hydrogen-bond acceptors (Lipinski definition) is 3. The van der Waals surface area contributed by atoms with Gasteiger partial charge in [0.2, 0.25) is 0 Å². The molecular weight excluding hydrogens is 316 g/mol. The first-order valence-electron chi connectivity index (χ1n) is 5.45. The highest BCUT2D eigenvalue weighted by molar-refractivity contribution is 9.10. The summed E-state index contributed by atoms with van der Waals surface area (Å²) in [5.41, 5.74) is 1.05. The molecule has 1 N–H and O–H groups in total. The fourth-order valence-corrected chi connectivity index (χ4v) is 3.14. The molecule has 0 bridgehead atoms. The Hall–Kier alpha value is -1.40. The van der Waals surface area contributed by atoms with Gasteiger partial charge in [-0.25, -0.2) is 9.78 Å². The zero-order chi connectivity index (χ0) is 13.3. The van der Waals surface area contributed by atoms with Gasteiger partial charge in [-0.1, -0.05) is 41.1 Å². The van der Waals surface area contributed by atoms with Gasteiger partial charge in [0.1, 0.15) is 0 Å². The van der Waals surface area contributed by atoms with Crippen LogP contribution in [0.3, 0.4) is 0 Å². The van der Waals surface area contributed by atoms with E-state index in [1.54, 1.807) is 10.6 Å². The van der Waals surface area contributed by atoms with Crippen LogP contribution in [-0.4, -0.2) is 20.5 Å². The molecule has 94 valence electrons. The summed E-state index contributed by atoms with van der Waals surface area (Å²) in [4.78, 5) is 15.5. The lowest BCUT2D eigenvalue weighted by atomic mass is 10.3. The Morgan fingerprint density at radius 2 is 2.17 bits per heavy atom. The van der Waals surface area contributed by atoms with Crippen molar-refractivity contribution in [1.82, 2.24) is 9.38 Å². The summed E-state index contributed by atoms with van der Waals surface area (Å²) >= 11 is 4.87. The van der Waals surface area contributed by atoms with Crippen LogP contribution in [0.25, 0.3) is 15.2 Å². The number of imidazole rings is 1. The van der Waals surface area contributed by atoms with Crippen molar-refractivity contribution in [3.8, 4) is 0 Å². The Balaban J connectivity index is 0.000000574. The number of hydrogen-bond donors (Lipinski definition) is 1. The summed E-state index contributed by atoms with van der Waals surface area (Å²) < 4.78 is 3.88. The zero-order valence-corrected chi connectivity index (χ0v) is 12.2. The molecule has 3 aromatic rings. The SMILES string of the molecule is CC.O=C(O)c1cn2c(n1)sc1cc(Br)ccc12. The first-order valence-corrected chi connectivity index (χ1v) is 7.06. The average Bonchev–Trinajstić information content (AvgIpc) is 2.88. The molecule has 0 atom stereocenters. The number of nitrogens with zero attached hydrogens (tertiary/aromatic N) is 2. The number of aromatic carboxylic acids is 1. The van der Waals surface area contributed by atoms with Gasteiger partial charge in [-0.15, -0.1) is 0 Å². The van der Waals surface area contributed by atoms with Crippen molar-refractivity contribution >= 4 is 48.4 Å². The quantitative estimate of drug-likeness (QED) is 0.734.